The molecule has 0 saturated carbocycles. The van der Waals surface area contributed by atoms with Crippen molar-refractivity contribution in [1.29, 1.82) is 0 Å². The zero-order valence-electron chi connectivity index (χ0n) is 18.7. The maximum atomic E-state index is 11.5. The molecule has 2 aromatic heterocycles. The smallest absolute Gasteiger partial charge is 0.238 e. The van der Waals surface area contributed by atoms with Gasteiger partial charge in [-0.15, -0.1) is 0 Å². The maximum Gasteiger partial charge on any atom is 0.238 e. The number of primary sulfonamides is 1. The van der Waals surface area contributed by atoms with E-state index in [1.165, 1.54) is 12.1 Å². The lowest BCUT2D eigenvalue weighted by atomic mass is 10.0. The number of hydrogen-bond donors (Lipinski definition) is 3. The van der Waals surface area contributed by atoms with E-state index in [9.17, 15) is 8.42 Å². The van der Waals surface area contributed by atoms with Crippen LogP contribution in [-0.4, -0.2) is 42.1 Å². The van der Waals surface area contributed by atoms with Gasteiger partial charge in [0, 0.05) is 47.8 Å². The Balaban J connectivity index is 1.54. The second-order valence-electron chi connectivity index (χ2n) is 8.40. The topological polar surface area (TPSA) is 124 Å². The number of aryl methyl sites for hydroxylation is 1. The quantitative estimate of drug-likeness (QED) is 0.389. The van der Waals surface area contributed by atoms with Crippen molar-refractivity contribution in [3.63, 3.8) is 0 Å². The number of ether oxygens (including phenoxy) is 1. The van der Waals surface area contributed by atoms with Crippen LogP contribution in [0.15, 0.2) is 66.0 Å². The van der Waals surface area contributed by atoms with Crippen LogP contribution in [0.25, 0.3) is 22.0 Å². The van der Waals surface area contributed by atoms with Crippen molar-refractivity contribution in [2.24, 2.45) is 12.2 Å². The van der Waals surface area contributed by atoms with Gasteiger partial charge in [-0.25, -0.2) is 23.5 Å². The minimum Gasteiger partial charge on any atom is -0.487 e. The van der Waals surface area contributed by atoms with Gasteiger partial charge >= 0.3 is 0 Å². The standard InChI is InChI=1S/C24H26N6O3S/c1-30-13-10-17(15-30)21-7-2-16-14-27-24(28-18-3-5-20(6-4-18)34(25,31)32)29-22(16)23(21)33-19-8-11-26-12-9-19/h2-7,10,13-15,19,26H,8-9,11-12H2,1H3,(H2,25,31,32)(H,27,28,29). The van der Waals surface area contributed by atoms with Crippen LogP contribution in [0.1, 0.15) is 12.8 Å². The van der Waals surface area contributed by atoms with E-state index in [1.807, 2.05) is 23.9 Å². The van der Waals surface area contributed by atoms with Crippen molar-refractivity contribution < 1.29 is 13.2 Å². The molecular weight excluding hydrogens is 452 g/mol. The molecule has 0 unspecified atom stereocenters. The van der Waals surface area contributed by atoms with Gasteiger partial charge in [-0.3, -0.25) is 0 Å². The zero-order valence-corrected chi connectivity index (χ0v) is 19.5. The molecule has 4 N–H and O–H groups in total. The van der Waals surface area contributed by atoms with Gasteiger partial charge in [0.1, 0.15) is 11.6 Å². The van der Waals surface area contributed by atoms with E-state index in [0.29, 0.717) is 11.6 Å². The Bertz CT molecular complexity index is 1430. The van der Waals surface area contributed by atoms with Crippen molar-refractivity contribution in [2.75, 3.05) is 18.4 Å². The van der Waals surface area contributed by atoms with Crippen LogP contribution in [0.3, 0.4) is 0 Å². The predicted molar refractivity (Wildman–Crippen MR) is 132 cm³/mol. The van der Waals surface area contributed by atoms with E-state index in [2.05, 4.69) is 33.9 Å². The number of nitrogens with two attached hydrogens (primary N) is 1. The Morgan fingerprint density at radius 1 is 1.12 bits per heavy atom. The van der Waals surface area contributed by atoms with Gasteiger partial charge in [-0.1, -0.05) is 6.07 Å². The number of aromatic nitrogens is 3. The molecule has 0 amide bonds. The summed E-state index contributed by atoms with van der Waals surface area (Å²) in [5.41, 5.74) is 3.40. The molecule has 10 heteroatoms. The number of fused-ring (bicyclic) bond motifs is 1. The van der Waals surface area contributed by atoms with Crippen molar-refractivity contribution in [2.45, 2.75) is 23.8 Å². The van der Waals surface area contributed by atoms with Crippen LogP contribution in [0.4, 0.5) is 11.6 Å². The van der Waals surface area contributed by atoms with Crippen LogP contribution in [-0.2, 0) is 17.1 Å². The molecule has 9 nitrogen and oxygen atoms in total. The second kappa shape index (κ2) is 9.05. The van der Waals surface area contributed by atoms with E-state index in [-0.39, 0.29) is 11.0 Å². The average molecular weight is 479 g/mol. The lowest BCUT2D eigenvalue weighted by Crippen LogP contribution is -2.34. The number of hydrogen-bond acceptors (Lipinski definition) is 7. The minimum atomic E-state index is -3.75. The zero-order chi connectivity index (χ0) is 23.7. The minimum absolute atomic E-state index is 0.0441. The molecule has 1 fully saturated rings. The molecule has 0 spiro atoms. The summed E-state index contributed by atoms with van der Waals surface area (Å²) in [6.07, 6.45) is 7.78. The van der Waals surface area contributed by atoms with Gasteiger partial charge in [0.05, 0.1) is 4.90 Å². The van der Waals surface area contributed by atoms with E-state index < -0.39 is 10.0 Å². The Morgan fingerprint density at radius 2 is 1.88 bits per heavy atom. The number of anilines is 2. The maximum absolute atomic E-state index is 11.5. The molecular formula is C24H26N6O3S. The lowest BCUT2D eigenvalue weighted by molar-refractivity contribution is 0.165. The highest BCUT2D eigenvalue weighted by atomic mass is 32.2. The lowest BCUT2D eigenvalue weighted by Gasteiger charge is -2.25. The molecule has 1 saturated heterocycles. The fourth-order valence-electron chi connectivity index (χ4n) is 4.08. The summed E-state index contributed by atoms with van der Waals surface area (Å²) in [4.78, 5) is 9.26. The van der Waals surface area contributed by atoms with Gasteiger partial charge in [-0.05, 0) is 62.3 Å². The highest BCUT2D eigenvalue weighted by molar-refractivity contribution is 7.89. The van der Waals surface area contributed by atoms with Crippen LogP contribution in [0.2, 0.25) is 0 Å². The number of rotatable bonds is 6. The first-order valence-corrected chi connectivity index (χ1v) is 12.6. The molecule has 0 bridgehead atoms. The molecule has 3 heterocycles. The van der Waals surface area contributed by atoms with Crippen molar-refractivity contribution >= 4 is 32.6 Å². The van der Waals surface area contributed by atoms with Gasteiger partial charge in [-0.2, -0.15) is 0 Å². The molecule has 5 rings (SSSR count). The number of piperidine rings is 1. The summed E-state index contributed by atoms with van der Waals surface area (Å²) in [6.45, 7) is 1.85. The van der Waals surface area contributed by atoms with Crippen LogP contribution in [0, 0.1) is 0 Å². The summed E-state index contributed by atoms with van der Waals surface area (Å²) >= 11 is 0. The Morgan fingerprint density at radius 3 is 2.56 bits per heavy atom. The highest BCUT2D eigenvalue weighted by Crippen LogP contribution is 2.38. The number of nitrogens with zero attached hydrogens (tertiary/aromatic N) is 3. The fourth-order valence-corrected chi connectivity index (χ4v) is 4.59. The SMILES string of the molecule is Cn1ccc(-c2ccc3cnc(Nc4ccc(S(N)(=O)=O)cc4)nc3c2OC2CCNCC2)c1. The van der Waals surface area contributed by atoms with Gasteiger partial charge in [0.2, 0.25) is 16.0 Å². The Kier molecular flexibility index (Phi) is 5.94. The first-order valence-electron chi connectivity index (χ1n) is 11.1. The number of nitrogens with one attached hydrogen (secondary N) is 2. The normalized spacial score (nSPS) is 14.9. The molecule has 0 atom stereocenters. The first kappa shape index (κ1) is 22.3. The van der Waals surface area contributed by atoms with Crippen LogP contribution < -0.4 is 20.5 Å². The summed E-state index contributed by atoms with van der Waals surface area (Å²) in [7, 11) is -1.76. The third-order valence-electron chi connectivity index (χ3n) is 5.86. The highest BCUT2D eigenvalue weighted by Gasteiger charge is 2.20. The molecule has 0 radical (unpaired) electrons. The Hall–Kier alpha value is -3.47. The largest absolute Gasteiger partial charge is 0.487 e. The molecule has 1 aliphatic heterocycles. The average Bonchev–Trinajstić information content (AvgIpc) is 3.26. The van der Waals surface area contributed by atoms with Crippen molar-refractivity contribution in [1.82, 2.24) is 19.9 Å². The molecule has 34 heavy (non-hydrogen) atoms. The Labute approximate surface area is 198 Å². The number of sulfonamides is 1. The molecule has 1 aliphatic rings. The van der Waals surface area contributed by atoms with Crippen LogP contribution in [0.5, 0.6) is 5.75 Å². The molecule has 0 aliphatic carbocycles. The summed E-state index contributed by atoms with van der Waals surface area (Å²) in [6, 6.07) is 12.2. The van der Waals surface area contributed by atoms with E-state index in [4.69, 9.17) is 14.9 Å². The fraction of sp³-hybridized carbons (Fsp3) is 0.250. The summed E-state index contributed by atoms with van der Waals surface area (Å²) in [5, 5.41) is 12.6. The third kappa shape index (κ3) is 4.74. The molecule has 4 aromatic rings. The van der Waals surface area contributed by atoms with Crippen LogP contribution >= 0.6 is 0 Å². The molecule has 176 valence electrons. The van der Waals surface area contributed by atoms with E-state index in [1.54, 1.807) is 18.3 Å². The summed E-state index contributed by atoms with van der Waals surface area (Å²) in [5.74, 6) is 1.13. The van der Waals surface area contributed by atoms with Gasteiger partial charge in [0.15, 0.2) is 5.75 Å². The first-order chi connectivity index (χ1) is 16.4. The summed E-state index contributed by atoms with van der Waals surface area (Å²) < 4.78 is 31.6. The number of benzene rings is 2. The van der Waals surface area contributed by atoms with E-state index in [0.717, 1.165) is 53.7 Å². The van der Waals surface area contributed by atoms with Gasteiger partial charge < -0.3 is 19.9 Å². The van der Waals surface area contributed by atoms with Crippen molar-refractivity contribution in [3.8, 4) is 16.9 Å². The molecule has 2 aromatic carbocycles. The van der Waals surface area contributed by atoms with Crippen molar-refractivity contribution in [3.05, 3.63) is 61.1 Å². The predicted octanol–water partition coefficient (Wildman–Crippen LogP) is 3.16. The third-order valence-corrected chi connectivity index (χ3v) is 6.79. The van der Waals surface area contributed by atoms with E-state index >= 15 is 0 Å². The van der Waals surface area contributed by atoms with Gasteiger partial charge in [0.25, 0.3) is 0 Å². The second-order valence-corrected chi connectivity index (χ2v) is 9.96. The monoisotopic (exact) mass is 478 g/mol.